The molecule has 16 heavy (non-hydrogen) atoms. The molecule has 0 aromatic heterocycles. The van der Waals surface area contributed by atoms with Crippen molar-refractivity contribution < 1.29 is 14.3 Å². The van der Waals surface area contributed by atoms with Crippen molar-refractivity contribution in [1.29, 1.82) is 0 Å². The molecular formula is C11H24N2O3. The van der Waals surface area contributed by atoms with Crippen LogP contribution in [0.3, 0.4) is 0 Å². The van der Waals surface area contributed by atoms with Crippen molar-refractivity contribution in [3.63, 3.8) is 0 Å². The van der Waals surface area contributed by atoms with Crippen LogP contribution in [0.1, 0.15) is 27.2 Å². The Bertz CT molecular complexity index is 171. The molecule has 96 valence electrons. The standard InChI is InChI=1S/C11H24N2O3/c1-4-15-11(16-5-2)6-7-12-8-9-13-10(3)14/h11-12H,4-9H2,1-3H3,(H,13,14). The first-order valence-electron chi connectivity index (χ1n) is 5.89. The van der Waals surface area contributed by atoms with Gasteiger partial charge in [-0.05, 0) is 13.8 Å². The zero-order valence-electron chi connectivity index (χ0n) is 10.5. The van der Waals surface area contributed by atoms with Gasteiger partial charge in [0.25, 0.3) is 0 Å². The average Bonchev–Trinajstić information content (AvgIpc) is 2.23. The molecular weight excluding hydrogens is 208 g/mol. The highest BCUT2D eigenvalue weighted by Crippen LogP contribution is 1.99. The van der Waals surface area contributed by atoms with E-state index in [1.165, 1.54) is 6.92 Å². The fraction of sp³-hybridized carbons (Fsp3) is 0.909. The number of hydrogen-bond acceptors (Lipinski definition) is 4. The molecule has 0 spiro atoms. The molecule has 0 radical (unpaired) electrons. The van der Waals surface area contributed by atoms with Gasteiger partial charge in [0.2, 0.25) is 5.91 Å². The Hall–Kier alpha value is -0.650. The summed E-state index contributed by atoms with van der Waals surface area (Å²) in [6, 6.07) is 0. The Morgan fingerprint density at radius 2 is 1.75 bits per heavy atom. The van der Waals surface area contributed by atoms with E-state index in [1.54, 1.807) is 0 Å². The second kappa shape index (κ2) is 10.9. The lowest BCUT2D eigenvalue weighted by Gasteiger charge is -2.16. The Morgan fingerprint density at radius 3 is 2.25 bits per heavy atom. The molecule has 0 aromatic carbocycles. The lowest BCUT2D eigenvalue weighted by molar-refractivity contribution is -0.138. The fourth-order valence-corrected chi connectivity index (χ4v) is 1.26. The summed E-state index contributed by atoms with van der Waals surface area (Å²) in [6.45, 7) is 9.00. The van der Waals surface area contributed by atoms with Crippen LogP contribution in [0.4, 0.5) is 0 Å². The van der Waals surface area contributed by atoms with Gasteiger partial charge in [-0.2, -0.15) is 0 Å². The number of rotatable bonds is 10. The van der Waals surface area contributed by atoms with Crippen molar-refractivity contribution in [2.24, 2.45) is 0 Å². The molecule has 0 aliphatic heterocycles. The van der Waals surface area contributed by atoms with Crippen molar-refractivity contribution in [1.82, 2.24) is 10.6 Å². The van der Waals surface area contributed by atoms with Gasteiger partial charge in [0.1, 0.15) is 0 Å². The van der Waals surface area contributed by atoms with Gasteiger partial charge < -0.3 is 20.1 Å². The van der Waals surface area contributed by atoms with Gasteiger partial charge >= 0.3 is 0 Å². The number of carbonyl (C=O) groups is 1. The second-order valence-electron chi connectivity index (χ2n) is 3.36. The highest BCUT2D eigenvalue weighted by atomic mass is 16.7. The first kappa shape index (κ1) is 15.3. The van der Waals surface area contributed by atoms with Crippen LogP contribution in [0.5, 0.6) is 0 Å². The second-order valence-corrected chi connectivity index (χ2v) is 3.36. The number of ether oxygens (including phenoxy) is 2. The normalized spacial score (nSPS) is 10.8. The predicted molar refractivity (Wildman–Crippen MR) is 63.2 cm³/mol. The van der Waals surface area contributed by atoms with Crippen molar-refractivity contribution in [2.45, 2.75) is 33.5 Å². The van der Waals surface area contributed by atoms with Gasteiger partial charge in [-0.25, -0.2) is 0 Å². The molecule has 2 N–H and O–H groups in total. The van der Waals surface area contributed by atoms with E-state index in [-0.39, 0.29) is 12.2 Å². The van der Waals surface area contributed by atoms with Gasteiger partial charge in [-0.1, -0.05) is 0 Å². The van der Waals surface area contributed by atoms with Crippen LogP contribution in [0, 0.1) is 0 Å². The quantitative estimate of drug-likeness (QED) is 0.425. The maximum atomic E-state index is 10.6. The third-order valence-electron chi connectivity index (χ3n) is 1.94. The van der Waals surface area contributed by atoms with Crippen molar-refractivity contribution in [2.75, 3.05) is 32.8 Å². The topological polar surface area (TPSA) is 59.6 Å². The average molecular weight is 232 g/mol. The summed E-state index contributed by atoms with van der Waals surface area (Å²) in [5.41, 5.74) is 0. The van der Waals surface area contributed by atoms with Crippen molar-refractivity contribution in [3.8, 4) is 0 Å². The van der Waals surface area contributed by atoms with Crippen LogP contribution in [0.2, 0.25) is 0 Å². The number of carbonyl (C=O) groups excluding carboxylic acids is 1. The number of nitrogens with one attached hydrogen (secondary N) is 2. The Kier molecular flexibility index (Phi) is 10.4. The smallest absolute Gasteiger partial charge is 0.216 e. The maximum Gasteiger partial charge on any atom is 0.216 e. The molecule has 0 saturated heterocycles. The zero-order valence-corrected chi connectivity index (χ0v) is 10.5. The van der Waals surface area contributed by atoms with E-state index in [2.05, 4.69) is 10.6 Å². The molecule has 0 atom stereocenters. The van der Waals surface area contributed by atoms with Gasteiger partial charge in [0.05, 0.1) is 0 Å². The molecule has 0 heterocycles. The molecule has 0 aliphatic carbocycles. The van der Waals surface area contributed by atoms with E-state index in [1.807, 2.05) is 13.8 Å². The maximum absolute atomic E-state index is 10.6. The first-order chi connectivity index (χ1) is 7.70. The minimum Gasteiger partial charge on any atom is -0.355 e. The number of hydrogen-bond donors (Lipinski definition) is 2. The molecule has 0 unspecified atom stereocenters. The lowest BCUT2D eigenvalue weighted by atomic mass is 10.4. The molecule has 1 amide bonds. The first-order valence-corrected chi connectivity index (χ1v) is 5.89. The van der Waals surface area contributed by atoms with Crippen LogP contribution in [-0.4, -0.2) is 45.0 Å². The van der Waals surface area contributed by atoms with Gasteiger partial charge in [-0.3, -0.25) is 4.79 Å². The van der Waals surface area contributed by atoms with Crippen molar-refractivity contribution in [3.05, 3.63) is 0 Å². The van der Waals surface area contributed by atoms with Gasteiger partial charge in [-0.15, -0.1) is 0 Å². The van der Waals surface area contributed by atoms with E-state index in [9.17, 15) is 4.79 Å². The van der Waals surface area contributed by atoms with Gasteiger partial charge in [0, 0.05) is 46.2 Å². The summed E-state index contributed by atoms with van der Waals surface area (Å²) < 4.78 is 10.8. The predicted octanol–water partition coefficient (Wildman–Crippen LogP) is 0.501. The minimum atomic E-state index is -0.122. The third kappa shape index (κ3) is 9.89. The van der Waals surface area contributed by atoms with Gasteiger partial charge in [0.15, 0.2) is 6.29 Å². The van der Waals surface area contributed by atoms with E-state index in [0.717, 1.165) is 19.5 Å². The Labute approximate surface area is 97.9 Å². The molecule has 0 aromatic rings. The number of amides is 1. The van der Waals surface area contributed by atoms with Crippen LogP contribution >= 0.6 is 0 Å². The molecule has 0 saturated carbocycles. The van der Waals surface area contributed by atoms with Crippen LogP contribution in [0.25, 0.3) is 0 Å². The molecule has 0 bridgehead atoms. The fourth-order valence-electron chi connectivity index (χ4n) is 1.26. The van der Waals surface area contributed by atoms with Crippen LogP contribution < -0.4 is 10.6 Å². The summed E-state index contributed by atoms with van der Waals surface area (Å²) in [5, 5.41) is 5.93. The summed E-state index contributed by atoms with van der Waals surface area (Å²) in [6.07, 6.45) is 0.699. The molecule has 0 fully saturated rings. The highest BCUT2D eigenvalue weighted by molar-refractivity contribution is 5.72. The van der Waals surface area contributed by atoms with Crippen molar-refractivity contribution >= 4 is 5.91 Å². The van der Waals surface area contributed by atoms with E-state index in [0.29, 0.717) is 19.8 Å². The summed E-state index contributed by atoms with van der Waals surface area (Å²) in [7, 11) is 0. The van der Waals surface area contributed by atoms with E-state index >= 15 is 0 Å². The molecule has 5 nitrogen and oxygen atoms in total. The Balaban J connectivity index is 3.35. The minimum absolute atomic E-state index is 0.00306. The van der Waals surface area contributed by atoms with E-state index in [4.69, 9.17) is 9.47 Å². The monoisotopic (exact) mass is 232 g/mol. The zero-order chi connectivity index (χ0) is 12.2. The van der Waals surface area contributed by atoms with Crippen LogP contribution in [-0.2, 0) is 14.3 Å². The largest absolute Gasteiger partial charge is 0.355 e. The van der Waals surface area contributed by atoms with E-state index < -0.39 is 0 Å². The molecule has 0 rings (SSSR count). The third-order valence-corrected chi connectivity index (χ3v) is 1.94. The molecule has 5 heteroatoms. The summed E-state index contributed by atoms with van der Waals surface area (Å²) >= 11 is 0. The van der Waals surface area contributed by atoms with Crippen LogP contribution in [0.15, 0.2) is 0 Å². The highest BCUT2D eigenvalue weighted by Gasteiger charge is 2.06. The Morgan fingerprint density at radius 1 is 1.12 bits per heavy atom. The molecule has 0 aliphatic rings. The summed E-state index contributed by atoms with van der Waals surface area (Å²) in [5.74, 6) is 0.00306. The summed E-state index contributed by atoms with van der Waals surface area (Å²) in [4.78, 5) is 10.6. The lowest BCUT2D eigenvalue weighted by Crippen LogP contribution is -2.32. The SMILES string of the molecule is CCOC(CCNCCNC(C)=O)OCC.